The lowest BCUT2D eigenvalue weighted by Crippen LogP contribution is -2.31. The van der Waals surface area contributed by atoms with Gasteiger partial charge in [-0.15, -0.1) is 11.8 Å². The molecule has 0 saturated heterocycles. The van der Waals surface area contributed by atoms with Gasteiger partial charge in [0.1, 0.15) is 5.82 Å². The van der Waals surface area contributed by atoms with Crippen LogP contribution in [0.2, 0.25) is 0 Å². The van der Waals surface area contributed by atoms with Crippen molar-refractivity contribution in [2.45, 2.75) is 26.0 Å². The fourth-order valence-corrected chi connectivity index (χ4v) is 3.84. The first kappa shape index (κ1) is 19.8. The number of imide groups is 1. The maximum Gasteiger partial charge on any atom is 0.272 e. The third-order valence-corrected chi connectivity index (χ3v) is 5.06. The van der Waals surface area contributed by atoms with Gasteiger partial charge in [-0.3, -0.25) is 14.4 Å². The van der Waals surface area contributed by atoms with Crippen LogP contribution < -0.4 is 10.2 Å². The third kappa shape index (κ3) is 3.99. The number of benzene rings is 2. The zero-order valence-corrected chi connectivity index (χ0v) is 16.5. The Bertz CT molecular complexity index is 966. The van der Waals surface area contributed by atoms with Crippen LogP contribution >= 0.6 is 11.8 Å². The average molecular weight is 398 g/mol. The quantitative estimate of drug-likeness (QED) is 0.766. The monoisotopic (exact) mass is 398 g/mol. The predicted molar refractivity (Wildman–Crippen MR) is 109 cm³/mol. The Kier molecular flexibility index (Phi) is 5.65. The van der Waals surface area contributed by atoms with Gasteiger partial charge in [0.2, 0.25) is 5.91 Å². The van der Waals surface area contributed by atoms with Crippen molar-refractivity contribution in [2.75, 3.05) is 10.2 Å². The molecule has 7 heteroatoms. The van der Waals surface area contributed by atoms with Crippen molar-refractivity contribution in [1.82, 2.24) is 0 Å². The first-order chi connectivity index (χ1) is 13.3. The topological polar surface area (TPSA) is 66.5 Å². The average Bonchev–Trinajstić information content (AvgIpc) is 2.86. The molecule has 0 saturated carbocycles. The van der Waals surface area contributed by atoms with Crippen molar-refractivity contribution in [1.29, 1.82) is 0 Å². The van der Waals surface area contributed by atoms with Crippen molar-refractivity contribution in [3.8, 4) is 0 Å². The molecule has 0 aromatic heterocycles. The van der Waals surface area contributed by atoms with Gasteiger partial charge >= 0.3 is 0 Å². The molecule has 1 heterocycles. The summed E-state index contributed by atoms with van der Waals surface area (Å²) in [5, 5.41) is 2.76. The van der Waals surface area contributed by atoms with Gasteiger partial charge in [0, 0.05) is 17.9 Å². The summed E-state index contributed by atoms with van der Waals surface area (Å²) in [5.41, 5.74) is 1.81. The van der Waals surface area contributed by atoms with Gasteiger partial charge < -0.3 is 5.32 Å². The molecule has 0 aliphatic carbocycles. The number of halogens is 1. The van der Waals surface area contributed by atoms with Crippen LogP contribution in [0.25, 0.3) is 5.57 Å². The van der Waals surface area contributed by atoms with E-state index in [0.29, 0.717) is 27.4 Å². The zero-order valence-electron chi connectivity index (χ0n) is 15.7. The fraction of sp³-hybridized carbons (Fsp3) is 0.190. The van der Waals surface area contributed by atoms with Crippen LogP contribution in [0.3, 0.4) is 0 Å². The van der Waals surface area contributed by atoms with Crippen molar-refractivity contribution < 1.29 is 18.8 Å². The molecule has 0 atom stereocenters. The van der Waals surface area contributed by atoms with E-state index in [1.165, 1.54) is 43.0 Å². The van der Waals surface area contributed by atoms with Crippen LogP contribution in [-0.4, -0.2) is 23.0 Å². The summed E-state index contributed by atoms with van der Waals surface area (Å²) < 4.78 is 13.3. The lowest BCUT2D eigenvalue weighted by molar-refractivity contribution is -0.120. The molecule has 3 amide bonds. The second kappa shape index (κ2) is 7.98. The van der Waals surface area contributed by atoms with Gasteiger partial charge in [-0.05, 0) is 42.0 Å². The largest absolute Gasteiger partial charge is 0.326 e. The van der Waals surface area contributed by atoms with Gasteiger partial charge in [-0.2, -0.15) is 0 Å². The lowest BCUT2D eigenvalue weighted by Gasteiger charge is -2.15. The molecule has 5 nitrogen and oxygen atoms in total. The number of anilines is 2. The minimum absolute atomic E-state index is 0.0913. The molecule has 2 aromatic rings. The van der Waals surface area contributed by atoms with E-state index in [1.807, 2.05) is 13.8 Å². The van der Waals surface area contributed by atoms with Crippen LogP contribution in [0.5, 0.6) is 0 Å². The first-order valence-electron chi connectivity index (χ1n) is 8.71. The van der Waals surface area contributed by atoms with E-state index in [-0.39, 0.29) is 11.2 Å². The normalized spacial score (nSPS) is 14.2. The molecule has 0 unspecified atom stereocenters. The molecule has 1 aliphatic heterocycles. The Balaban J connectivity index is 2.03. The Morgan fingerprint density at radius 3 is 2.14 bits per heavy atom. The van der Waals surface area contributed by atoms with Crippen LogP contribution in [0, 0.1) is 5.82 Å². The Labute approximate surface area is 166 Å². The molecule has 28 heavy (non-hydrogen) atoms. The highest BCUT2D eigenvalue weighted by Gasteiger charge is 2.40. The van der Waals surface area contributed by atoms with Crippen molar-refractivity contribution in [3.63, 3.8) is 0 Å². The molecule has 0 bridgehead atoms. The van der Waals surface area contributed by atoms with Gasteiger partial charge in [0.05, 0.1) is 16.2 Å². The van der Waals surface area contributed by atoms with Crippen LogP contribution in [-0.2, 0) is 14.4 Å². The Hall–Kier alpha value is -2.93. The fourth-order valence-electron chi connectivity index (χ4n) is 2.86. The predicted octanol–water partition coefficient (Wildman–Crippen LogP) is 4.21. The van der Waals surface area contributed by atoms with Gasteiger partial charge in [-0.25, -0.2) is 9.29 Å². The molecular weight excluding hydrogens is 379 g/mol. The van der Waals surface area contributed by atoms with Crippen LogP contribution in [0.1, 0.15) is 26.3 Å². The van der Waals surface area contributed by atoms with Crippen molar-refractivity contribution >= 4 is 46.4 Å². The summed E-state index contributed by atoms with van der Waals surface area (Å²) >= 11 is 1.32. The minimum atomic E-state index is -0.452. The number of amides is 3. The summed E-state index contributed by atoms with van der Waals surface area (Å²) in [5.74, 6) is -1.51. The highest BCUT2D eigenvalue weighted by Crippen LogP contribution is 2.40. The number of thioether (sulfide) groups is 1. The molecule has 1 aliphatic rings. The lowest BCUT2D eigenvalue weighted by atomic mass is 10.1. The van der Waals surface area contributed by atoms with Crippen LogP contribution in [0.4, 0.5) is 15.8 Å². The van der Waals surface area contributed by atoms with E-state index < -0.39 is 17.6 Å². The third-order valence-electron chi connectivity index (χ3n) is 3.97. The number of carbonyl (C=O) groups is 3. The van der Waals surface area contributed by atoms with Crippen LogP contribution in [0.15, 0.2) is 53.4 Å². The summed E-state index contributed by atoms with van der Waals surface area (Å²) in [6, 6.07) is 12.0. The van der Waals surface area contributed by atoms with Gasteiger partial charge in [0.25, 0.3) is 11.8 Å². The number of nitrogens with zero attached hydrogens (tertiary/aromatic N) is 1. The van der Waals surface area contributed by atoms with E-state index in [0.717, 1.165) is 4.90 Å². The summed E-state index contributed by atoms with van der Waals surface area (Å²) in [7, 11) is 0. The number of nitrogens with one attached hydrogen (secondary N) is 1. The second-order valence-electron chi connectivity index (χ2n) is 6.55. The van der Waals surface area contributed by atoms with E-state index in [1.54, 1.807) is 24.3 Å². The molecular formula is C21H19FN2O3S. The minimum Gasteiger partial charge on any atom is -0.326 e. The number of carbonyl (C=O) groups excluding carboxylic acids is 3. The molecule has 3 rings (SSSR count). The molecule has 2 aromatic carbocycles. The molecule has 0 fully saturated rings. The van der Waals surface area contributed by atoms with Crippen molar-refractivity contribution in [2.24, 2.45) is 0 Å². The van der Waals surface area contributed by atoms with E-state index in [2.05, 4.69) is 5.32 Å². The zero-order chi connectivity index (χ0) is 20.4. The summed E-state index contributed by atoms with van der Waals surface area (Å²) in [6.45, 7) is 5.29. The van der Waals surface area contributed by atoms with Gasteiger partial charge in [-0.1, -0.05) is 26.0 Å². The number of rotatable bonds is 5. The van der Waals surface area contributed by atoms with Gasteiger partial charge in [0.15, 0.2) is 0 Å². The molecule has 144 valence electrons. The Morgan fingerprint density at radius 1 is 1.00 bits per heavy atom. The van der Waals surface area contributed by atoms with E-state index in [9.17, 15) is 18.8 Å². The maximum absolute atomic E-state index is 13.3. The number of hydrogen-bond donors (Lipinski definition) is 1. The Morgan fingerprint density at radius 2 is 1.61 bits per heavy atom. The second-order valence-corrected chi connectivity index (χ2v) is 8.14. The number of hydrogen-bond acceptors (Lipinski definition) is 4. The van der Waals surface area contributed by atoms with E-state index in [4.69, 9.17) is 0 Å². The SMILES string of the molecule is CC(=O)Nc1ccc(C2=C(SC(C)C)C(=O)N(c3ccc(F)cc3)C2=O)cc1. The molecule has 0 spiro atoms. The highest BCUT2D eigenvalue weighted by atomic mass is 32.2. The van der Waals surface area contributed by atoms with E-state index >= 15 is 0 Å². The van der Waals surface area contributed by atoms with Crippen molar-refractivity contribution in [3.05, 3.63) is 64.8 Å². The first-order valence-corrected chi connectivity index (χ1v) is 9.59. The smallest absolute Gasteiger partial charge is 0.272 e. The molecule has 0 radical (unpaired) electrons. The maximum atomic E-state index is 13.3. The standard InChI is InChI=1S/C21H19FN2O3S/c1-12(2)28-19-18(14-4-8-16(9-5-14)23-13(3)25)20(26)24(21(19)27)17-10-6-15(22)7-11-17/h4-12H,1-3H3,(H,23,25). The molecule has 1 N–H and O–H groups in total. The highest BCUT2D eigenvalue weighted by molar-refractivity contribution is 8.04. The summed E-state index contributed by atoms with van der Waals surface area (Å²) in [4.78, 5) is 38.8. The summed E-state index contributed by atoms with van der Waals surface area (Å²) in [6.07, 6.45) is 0.